The summed E-state index contributed by atoms with van der Waals surface area (Å²) in [5, 5.41) is 2.54. The monoisotopic (exact) mass is 367 g/mol. The average molecular weight is 367 g/mol. The molecule has 0 aliphatic heterocycles. The zero-order chi connectivity index (χ0) is 19.4. The van der Waals surface area contributed by atoms with Gasteiger partial charge < -0.3 is 5.32 Å². The minimum atomic E-state index is -0.569. The summed E-state index contributed by atoms with van der Waals surface area (Å²) in [6.07, 6.45) is 1.42. The number of aryl methyl sites for hydroxylation is 1. The van der Waals surface area contributed by atoms with E-state index >= 15 is 0 Å². The van der Waals surface area contributed by atoms with Gasteiger partial charge in [-0.3, -0.25) is 18.7 Å². The van der Waals surface area contributed by atoms with Crippen molar-refractivity contribution in [3.8, 4) is 0 Å². The summed E-state index contributed by atoms with van der Waals surface area (Å²) in [7, 11) is 0. The Balaban J connectivity index is 1.82. The number of carbonyl (C=O) groups excluding carboxylic acids is 1. The molecule has 0 unspecified atom stereocenters. The average Bonchev–Trinajstić information content (AvgIpc) is 2.64. The van der Waals surface area contributed by atoms with Gasteiger partial charge in [-0.1, -0.05) is 24.3 Å². The number of hydrogen-bond acceptors (Lipinski definition) is 3. The lowest BCUT2D eigenvalue weighted by atomic mass is 10.1. The molecule has 1 aromatic heterocycles. The summed E-state index contributed by atoms with van der Waals surface area (Å²) in [4.78, 5) is 36.9. The lowest BCUT2D eigenvalue weighted by Crippen LogP contribution is -2.41. The van der Waals surface area contributed by atoms with Crippen LogP contribution in [0.15, 0.2) is 70.4 Å². The lowest BCUT2D eigenvalue weighted by Gasteiger charge is -2.11. The maximum Gasteiger partial charge on any atom is 0.331 e. The van der Waals surface area contributed by atoms with Crippen molar-refractivity contribution in [2.75, 3.05) is 5.32 Å². The Morgan fingerprint density at radius 3 is 2.44 bits per heavy atom. The summed E-state index contributed by atoms with van der Waals surface area (Å²) in [5.74, 6) is -0.971. The highest BCUT2D eigenvalue weighted by Gasteiger charge is 2.11. The quantitative estimate of drug-likeness (QED) is 0.751. The molecule has 0 saturated carbocycles. The molecule has 0 fully saturated rings. The van der Waals surface area contributed by atoms with Crippen LogP contribution in [0.4, 0.5) is 10.1 Å². The van der Waals surface area contributed by atoms with Gasteiger partial charge in [-0.2, -0.15) is 0 Å². The van der Waals surface area contributed by atoms with E-state index in [0.717, 1.165) is 15.7 Å². The van der Waals surface area contributed by atoms with Crippen molar-refractivity contribution in [2.45, 2.75) is 20.0 Å². The second-order valence-corrected chi connectivity index (χ2v) is 6.13. The Hall–Kier alpha value is -3.48. The van der Waals surface area contributed by atoms with Crippen molar-refractivity contribution in [3.63, 3.8) is 0 Å². The van der Waals surface area contributed by atoms with Gasteiger partial charge >= 0.3 is 5.69 Å². The van der Waals surface area contributed by atoms with Crippen molar-refractivity contribution in [2.24, 2.45) is 0 Å². The van der Waals surface area contributed by atoms with Gasteiger partial charge in [0.25, 0.3) is 5.56 Å². The Kier molecular flexibility index (Phi) is 5.30. The van der Waals surface area contributed by atoms with Crippen molar-refractivity contribution >= 4 is 11.6 Å². The first-order chi connectivity index (χ1) is 12.9. The van der Waals surface area contributed by atoms with Crippen molar-refractivity contribution < 1.29 is 9.18 Å². The highest BCUT2D eigenvalue weighted by atomic mass is 19.1. The molecule has 1 N–H and O–H groups in total. The van der Waals surface area contributed by atoms with Gasteiger partial charge in [0.05, 0.1) is 6.54 Å². The SMILES string of the molecule is Cc1ccccc1Cn1ccc(=O)n(CC(=O)Nc2ccc(F)cc2)c1=O. The predicted octanol–water partition coefficient (Wildman–Crippen LogP) is 2.14. The van der Waals surface area contributed by atoms with Gasteiger partial charge in [-0.05, 0) is 42.3 Å². The van der Waals surface area contributed by atoms with Crippen LogP contribution in [-0.2, 0) is 17.9 Å². The van der Waals surface area contributed by atoms with Crippen LogP contribution in [-0.4, -0.2) is 15.0 Å². The summed E-state index contributed by atoms with van der Waals surface area (Å²) >= 11 is 0. The van der Waals surface area contributed by atoms with Gasteiger partial charge in [-0.15, -0.1) is 0 Å². The molecule has 0 bridgehead atoms. The fraction of sp³-hybridized carbons (Fsp3) is 0.150. The van der Waals surface area contributed by atoms with Crippen LogP contribution >= 0.6 is 0 Å². The fourth-order valence-electron chi connectivity index (χ4n) is 2.67. The fourth-order valence-corrected chi connectivity index (χ4v) is 2.67. The zero-order valence-corrected chi connectivity index (χ0v) is 14.7. The summed E-state index contributed by atoms with van der Waals surface area (Å²) in [5.41, 5.74) is 1.22. The number of nitrogens with one attached hydrogen (secondary N) is 1. The minimum Gasteiger partial charge on any atom is -0.325 e. The molecule has 138 valence electrons. The maximum absolute atomic E-state index is 12.9. The summed E-state index contributed by atoms with van der Waals surface area (Å²) < 4.78 is 15.2. The molecule has 27 heavy (non-hydrogen) atoms. The number of halogens is 1. The van der Waals surface area contributed by atoms with Gasteiger partial charge in [0.15, 0.2) is 0 Å². The van der Waals surface area contributed by atoms with Crippen LogP contribution in [0.1, 0.15) is 11.1 Å². The van der Waals surface area contributed by atoms with E-state index < -0.39 is 29.5 Å². The molecule has 3 rings (SSSR count). The third kappa shape index (κ3) is 4.38. The van der Waals surface area contributed by atoms with E-state index in [0.29, 0.717) is 12.2 Å². The van der Waals surface area contributed by atoms with Gasteiger partial charge in [-0.25, -0.2) is 9.18 Å². The van der Waals surface area contributed by atoms with E-state index in [4.69, 9.17) is 0 Å². The van der Waals surface area contributed by atoms with Gasteiger partial charge in [0.2, 0.25) is 5.91 Å². The number of anilines is 1. The first-order valence-corrected chi connectivity index (χ1v) is 8.34. The number of amides is 1. The highest BCUT2D eigenvalue weighted by molar-refractivity contribution is 5.90. The largest absolute Gasteiger partial charge is 0.331 e. The minimum absolute atomic E-state index is 0.297. The Bertz CT molecular complexity index is 1080. The smallest absolute Gasteiger partial charge is 0.325 e. The van der Waals surface area contributed by atoms with Crippen LogP contribution in [0.3, 0.4) is 0 Å². The van der Waals surface area contributed by atoms with Crippen LogP contribution in [0, 0.1) is 12.7 Å². The predicted molar refractivity (Wildman–Crippen MR) is 100 cm³/mol. The number of nitrogens with zero attached hydrogens (tertiary/aromatic N) is 2. The number of carbonyl (C=O) groups is 1. The van der Waals surface area contributed by atoms with Crippen LogP contribution < -0.4 is 16.6 Å². The topological polar surface area (TPSA) is 73.1 Å². The molecule has 1 amide bonds. The van der Waals surface area contributed by atoms with E-state index in [1.807, 2.05) is 31.2 Å². The van der Waals surface area contributed by atoms with E-state index in [-0.39, 0.29) is 0 Å². The lowest BCUT2D eigenvalue weighted by molar-refractivity contribution is -0.116. The zero-order valence-electron chi connectivity index (χ0n) is 14.7. The van der Waals surface area contributed by atoms with Gasteiger partial charge in [0, 0.05) is 18.0 Å². The van der Waals surface area contributed by atoms with Crippen LogP contribution in [0.5, 0.6) is 0 Å². The molecule has 6 nitrogen and oxygen atoms in total. The molecule has 0 spiro atoms. The van der Waals surface area contributed by atoms with Crippen molar-refractivity contribution in [3.05, 3.63) is 98.6 Å². The molecule has 1 heterocycles. The van der Waals surface area contributed by atoms with E-state index in [9.17, 15) is 18.8 Å². The number of rotatable bonds is 5. The van der Waals surface area contributed by atoms with Crippen LogP contribution in [0.25, 0.3) is 0 Å². The van der Waals surface area contributed by atoms with E-state index in [1.165, 1.54) is 41.1 Å². The van der Waals surface area contributed by atoms with Crippen molar-refractivity contribution in [1.82, 2.24) is 9.13 Å². The number of aromatic nitrogens is 2. The molecule has 0 saturated heterocycles. The van der Waals surface area contributed by atoms with Crippen LogP contribution in [0.2, 0.25) is 0 Å². The molecule has 3 aromatic rings. The first kappa shape index (κ1) is 18.3. The molecule has 0 aliphatic rings. The Labute approximate surface area is 154 Å². The molecular weight excluding hydrogens is 349 g/mol. The highest BCUT2D eigenvalue weighted by Crippen LogP contribution is 2.09. The van der Waals surface area contributed by atoms with Crippen molar-refractivity contribution in [1.29, 1.82) is 0 Å². The molecule has 7 heteroatoms. The van der Waals surface area contributed by atoms with Gasteiger partial charge in [0.1, 0.15) is 12.4 Å². The third-order valence-electron chi connectivity index (χ3n) is 4.17. The molecule has 0 aliphatic carbocycles. The summed E-state index contributed by atoms with van der Waals surface area (Å²) in [6.45, 7) is 1.81. The third-order valence-corrected chi connectivity index (χ3v) is 4.17. The maximum atomic E-state index is 12.9. The molecule has 0 radical (unpaired) electrons. The standard InChI is InChI=1S/C20H18FN3O3/c1-14-4-2-3-5-15(14)12-23-11-10-19(26)24(20(23)27)13-18(25)22-17-8-6-16(21)7-9-17/h2-11H,12-13H2,1H3,(H,22,25). The molecular formula is C20H18FN3O3. The summed E-state index contributed by atoms with van der Waals surface area (Å²) in [6, 6.07) is 14.1. The van der Waals surface area contributed by atoms with E-state index in [1.54, 1.807) is 0 Å². The second kappa shape index (κ2) is 7.82. The Morgan fingerprint density at radius 2 is 1.74 bits per heavy atom. The number of hydrogen-bond donors (Lipinski definition) is 1. The normalized spacial score (nSPS) is 10.6. The van der Waals surface area contributed by atoms with E-state index in [2.05, 4.69) is 5.32 Å². The molecule has 0 atom stereocenters. The second-order valence-electron chi connectivity index (χ2n) is 6.13. The Morgan fingerprint density at radius 1 is 1.04 bits per heavy atom. The number of benzene rings is 2. The first-order valence-electron chi connectivity index (χ1n) is 8.34. The molecule has 2 aromatic carbocycles.